The van der Waals surface area contributed by atoms with Crippen molar-refractivity contribution in [2.75, 3.05) is 6.54 Å². The number of thiophene rings is 1. The van der Waals surface area contributed by atoms with Gasteiger partial charge in [-0.05, 0) is 63.4 Å². The summed E-state index contributed by atoms with van der Waals surface area (Å²) >= 11 is 1.17. The van der Waals surface area contributed by atoms with Gasteiger partial charge in [0, 0.05) is 10.8 Å². The minimum absolute atomic E-state index is 0.177. The van der Waals surface area contributed by atoms with E-state index in [0.717, 1.165) is 24.1 Å². The number of ether oxygens (including phenoxy) is 1. The van der Waals surface area contributed by atoms with Crippen molar-refractivity contribution in [1.82, 2.24) is 16.0 Å². The maximum absolute atomic E-state index is 14.2. The number of alkyl carbamates (subject to hydrolysis) is 1. The topological polar surface area (TPSA) is 120 Å². The molecule has 0 bridgehead atoms. The zero-order valence-corrected chi connectivity index (χ0v) is 23.7. The molecule has 0 aliphatic carbocycles. The standard InChI is InChI=1S/C31H34N4O4S/c1-31(2,3)39-30(38)35-27(25(20-11-6-4-7-12-20)21-13-8-5-9-14-21)29(37)34-26(24-17-16-22(19-32)40-24)28(36)23-15-10-18-33-23/h4-9,11-14,16-17,23,25-27,33H,10,15,18H2,1-3H3,(H,34,37)(H,35,38)/t23-,26?,27+/m0/s1. The lowest BCUT2D eigenvalue weighted by atomic mass is 9.84. The molecular weight excluding hydrogens is 524 g/mol. The summed E-state index contributed by atoms with van der Waals surface area (Å²) in [5.41, 5.74) is 0.846. The third kappa shape index (κ3) is 7.34. The second kappa shape index (κ2) is 12.9. The first kappa shape index (κ1) is 29.0. The molecule has 40 heavy (non-hydrogen) atoms. The number of carbonyl (C=O) groups is 3. The van der Waals surface area contributed by atoms with Crippen LogP contribution in [0, 0.1) is 11.3 Å². The molecule has 1 aromatic heterocycles. The highest BCUT2D eigenvalue weighted by Gasteiger charge is 2.38. The van der Waals surface area contributed by atoms with Gasteiger partial charge in [-0.3, -0.25) is 9.59 Å². The highest BCUT2D eigenvalue weighted by molar-refractivity contribution is 7.12. The first-order valence-electron chi connectivity index (χ1n) is 13.3. The Morgan fingerprint density at radius 3 is 2.10 bits per heavy atom. The van der Waals surface area contributed by atoms with E-state index in [0.29, 0.717) is 16.2 Å². The van der Waals surface area contributed by atoms with Crippen LogP contribution in [0.1, 0.15) is 66.5 Å². The van der Waals surface area contributed by atoms with Crippen molar-refractivity contribution in [3.05, 3.63) is 93.7 Å². The summed E-state index contributed by atoms with van der Waals surface area (Å²) in [5.74, 6) is -1.29. The molecule has 1 unspecified atom stereocenters. The quantitative estimate of drug-likeness (QED) is 0.346. The average molecular weight is 559 g/mol. The third-order valence-corrected chi connectivity index (χ3v) is 7.66. The van der Waals surface area contributed by atoms with Crippen LogP contribution in [0.4, 0.5) is 4.79 Å². The number of Topliss-reactive ketones (excluding diaryl/α,β-unsaturated/α-hetero) is 1. The molecule has 1 fully saturated rings. The van der Waals surface area contributed by atoms with Gasteiger partial charge in [0.2, 0.25) is 5.91 Å². The number of nitriles is 1. The second-order valence-corrected chi connectivity index (χ2v) is 11.8. The molecular formula is C31H34N4O4S. The average Bonchev–Trinajstić information content (AvgIpc) is 3.64. The van der Waals surface area contributed by atoms with Crippen molar-refractivity contribution in [3.8, 4) is 6.07 Å². The van der Waals surface area contributed by atoms with Gasteiger partial charge in [-0.15, -0.1) is 11.3 Å². The number of carbonyl (C=O) groups excluding carboxylic acids is 3. The van der Waals surface area contributed by atoms with Crippen LogP contribution in [0.3, 0.4) is 0 Å². The number of benzene rings is 2. The Labute approximate surface area is 238 Å². The number of hydrogen-bond acceptors (Lipinski definition) is 7. The van der Waals surface area contributed by atoms with Gasteiger partial charge in [0.05, 0.1) is 6.04 Å². The molecule has 1 aliphatic rings. The van der Waals surface area contributed by atoms with Gasteiger partial charge < -0.3 is 20.7 Å². The number of nitrogens with one attached hydrogen (secondary N) is 3. The molecule has 0 spiro atoms. The van der Waals surface area contributed by atoms with Crippen molar-refractivity contribution >= 4 is 29.1 Å². The molecule has 208 valence electrons. The normalized spacial score (nSPS) is 16.5. The lowest BCUT2D eigenvalue weighted by molar-refractivity contribution is -0.130. The molecule has 2 heterocycles. The van der Waals surface area contributed by atoms with E-state index in [9.17, 15) is 19.6 Å². The molecule has 3 atom stereocenters. The Kier molecular flexibility index (Phi) is 9.35. The van der Waals surface area contributed by atoms with E-state index in [1.165, 1.54) is 11.3 Å². The van der Waals surface area contributed by atoms with Crippen LogP contribution in [0.5, 0.6) is 0 Å². The van der Waals surface area contributed by atoms with E-state index in [-0.39, 0.29) is 5.78 Å². The maximum atomic E-state index is 14.2. The summed E-state index contributed by atoms with van der Waals surface area (Å²) in [6.45, 7) is 5.97. The van der Waals surface area contributed by atoms with Crippen molar-refractivity contribution in [2.24, 2.45) is 0 Å². The SMILES string of the molecule is CC(C)(C)OC(=O)N[C@@H](C(=O)NC(C(=O)[C@@H]1CCCN1)c1ccc(C#N)s1)C(c1ccccc1)c1ccccc1. The van der Waals surface area contributed by atoms with Crippen molar-refractivity contribution in [1.29, 1.82) is 5.26 Å². The van der Waals surface area contributed by atoms with Gasteiger partial charge in [0.1, 0.15) is 28.6 Å². The molecule has 0 saturated carbocycles. The lowest BCUT2D eigenvalue weighted by Crippen LogP contribution is -2.53. The number of amides is 2. The van der Waals surface area contributed by atoms with Crippen LogP contribution < -0.4 is 16.0 Å². The van der Waals surface area contributed by atoms with Crippen LogP contribution in [0.2, 0.25) is 0 Å². The predicted octanol–water partition coefficient (Wildman–Crippen LogP) is 4.82. The fourth-order valence-corrected chi connectivity index (χ4v) is 5.71. The van der Waals surface area contributed by atoms with Crippen molar-refractivity contribution in [3.63, 3.8) is 0 Å². The molecule has 3 N–H and O–H groups in total. The summed E-state index contributed by atoms with van der Waals surface area (Å²) < 4.78 is 5.54. The Balaban J connectivity index is 1.74. The summed E-state index contributed by atoms with van der Waals surface area (Å²) in [6.07, 6.45) is 0.781. The second-order valence-electron chi connectivity index (χ2n) is 10.7. The minimum atomic E-state index is -1.11. The van der Waals surface area contributed by atoms with E-state index in [1.807, 2.05) is 60.7 Å². The molecule has 0 radical (unpaired) electrons. The van der Waals surface area contributed by atoms with Crippen LogP contribution in [-0.2, 0) is 14.3 Å². The Morgan fingerprint density at radius 2 is 1.60 bits per heavy atom. The maximum Gasteiger partial charge on any atom is 0.408 e. The number of nitrogens with zero attached hydrogens (tertiary/aromatic N) is 1. The number of ketones is 1. The van der Waals surface area contributed by atoms with Crippen molar-refractivity contribution in [2.45, 2.75) is 63.3 Å². The third-order valence-electron chi connectivity index (χ3n) is 6.60. The van der Waals surface area contributed by atoms with Crippen LogP contribution in [0.25, 0.3) is 0 Å². The van der Waals surface area contributed by atoms with E-state index in [1.54, 1.807) is 32.9 Å². The fraction of sp³-hybridized carbons (Fsp3) is 0.355. The van der Waals surface area contributed by atoms with E-state index in [4.69, 9.17) is 4.74 Å². The first-order chi connectivity index (χ1) is 19.2. The summed E-state index contributed by atoms with van der Waals surface area (Å²) in [4.78, 5) is 41.9. The Bertz CT molecular complexity index is 1320. The Hall–Kier alpha value is -4.00. The number of hydrogen-bond donors (Lipinski definition) is 3. The smallest absolute Gasteiger partial charge is 0.408 e. The predicted molar refractivity (Wildman–Crippen MR) is 154 cm³/mol. The van der Waals surface area contributed by atoms with Gasteiger partial charge >= 0.3 is 6.09 Å². The van der Waals surface area contributed by atoms with Crippen LogP contribution in [-0.4, -0.2) is 42.0 Å². The molecule has 9 heteroatoms. The van der Waals surface area contributed by atoms with Gasteiger partial charge in [-0.1, -0.05) is 60.7 Å². The monoisotopic (exact) mass is 558 g/mol. The molecule has 8 nitrogen and oxygen atoms in total. The summed E-state index contributed by atoms with van der Waals surface area (Å²) in [6, 6.07) is 21.8. The lowest BCUT2D eigenvalue weighted by Gasteiger charge is -2.31. The van der Waals surface area contributed by atoms with Gasteiger partial charge in [0.15, 0.2) is 5.78 Å². The van der Waals surface area contributed by atoms with E-state index >= 15 is 0 Å². The Morgan fingerprint density at radius 1 is 0.975 bits per heavy atom. The van der Waals surface area contributed by atoms with Gasteiger partial charge in [0.25, 0.3) is 0 Å². The van der Waals surface area contributed by atoms with Crippen LogP contribution in [0.15, 0.2) is 72.8 Å². The zero-order valence-electron chi connectivity index (χ0n) is 22.8. The highest BCUT2D eigenvalue weighted by Crippen LogP contribution is 2.31. The van der Waals surface area contributed by atoms with E-state index < -0.39 is 41.6 Å². The van der Waals surface area contributed by atoms with Crippen molar-refractivity contribution < 1.29 is 19.1 Å². The number of rotatable bonds is 9. The zero-order chi connectivity index (χ0) is 28.7. The molecule has 3 aromatic rings. The highest BCUT2D eigenvalue weighted by atomic mass is 32.1. The first-order valence-corrected chi connectivity index (χ1v) is 14.1. The molecule has 2 aromatic carbocycles. The molecule has 1 aliphatic heterocycles. The molecule has 1 saturated heterocycles. The molecule has 4 rings (SSSR count). The summed E-state index contributed by atoms with van der Waals surface area (Å²) in [7, 11) is 0. The minimum Gasteiger partial charge on any atom is -0.444 e. The van der Waals surface area contributed by atoms with Crippen LogP contribution >= 0.6 is 11.3 Å². The summed E-state index contributed by atoms with van der Waals surface area (Å²) in [5, 5.41) is 18.3. The van der Waals surface area contributed by atoms with Gasteiger partial charge in [-0.2, -0.15) is 5.26 Å². The largest absolute Gasteiger partial charge is 0.444 e. The fourth-order valence-electron chi connectivity index (χ4n) is 4.84. The van der Waals surface area contributed by atoms with E-state index in [2.05, 4.69) is 22.0 Å². The molecule has 2 amide bonds. The van der Waals surface area contributed by atoms with Gasteiger partial charge in [-0.25, -0.2) is 4.79 Å².